The number of aliphatic carboxylic acids is 1. The van der Waals surface area contributed by atoms with Crippen LogP contribution in [0.5, 0.6) is 0 Å². The first-order chi connectivity index (χ1) is 7.00. The van der Waals surface area contributed by atoms with Gasteiger partial charge in [0.1, 0.15) is 0 Å². The van der Waals surface area contributed by atoms with Gasteiger partial charge in [-0.1, -0.05) is 18.2 Å². The number of carboxylic acid groups (broad SMARTS) is 1. The van der Waals surface area contributed by atoms with Crippen molar-refractivity contribution in [1.29, 1.82) is 0 Å². The first-order valence-electron chi connectivity index (χ1n) is 4.57. The highest BCUT2D eigenvalue weighted by molar-refractivity contribution is 5.94. The molecule has 2 N–H and O–H groups in total. The van der Waals surface area contributed by atoms with Gasteiger partial charge in [0.25, 0.3) is 0 Å². The average molecular weight is 206 g/mol. The zero-order valence-electron chi connectivity index (χ0n) is 8.40. The van der Waals surface area contributed by atoms with Crippen LogP contribution in [0.15, 0.2) is 24.3 Å². The summed E-state index contributed by atoms with van der Waals surface area (Å²) in [5, 5.41) is 10.4. The van der Waals surface area contributed by atoms with Crippen LogP contribution < -0.4 is 10.8 Å². The molecule has 0 bridgehead atoms. The highest BCUT2D eigenvalue weighted by atomic mass is 16.4. The molecule has 80 valence electrons. The molecule has 0 aliphatic rings. The van der Waals surface area contributed by atoms with Crippen molar-refractivity contribution in [2.45, 2.75) is 19.4 Å². The maximum Gasteiger partial charge on any atom is 0.159 e. The van der Waals surface area contributed by atoms with E-state index < -0.39 is 12.0 Å². The maximum absolute atomic E-state index is 11.1. The fourth-order valence-corrected chi connectivity index (χ4v) is 1.25. The molecule has 0 radical (unpaired) electrons. The second-order valence-electron chi connectivity index (χ2n) is 3.39. The van der Waals surface area contributed by atoms with Crippen molar-refractivity contribution in [3.8, 4) is 0 Å². The Kier molecular flexibility index (Phi) is 3.57. The number of benzene rings is 1. The van der Waals surface area contributed by atoms with Gasteiger partial charge >= 0.3 is 0 Å². The number of nitrogens with two attached hydrogens (primary N) is 1. The number of hydrogen-bond acceptors (Lipinski definition) is 4. The lowest BCUT2D eigenvalue weighted by Gasteiger charge is -2.12. The van der Waals surface area contributed by atoms with Gasteiger partial charge < -0.3 is 15.6 Å². The Morgan fingerprint density at radius 3 is 2.67 bits per heavy atom. The predicted octanol–water partition coefficient (Wildman–Crippen LogP) is -0.491. The van der Waals surface area contributed by atoms with E-state index >= 15 is 0 Å². The first-order valence-corrected chi connectivity index (χ1v) is 4.57. The van der Waals surface area contributed by atoms with Crippen molar-refractivity contribution in [3.63, 3.8) is 0 Å². The molecule has 4 nitrogen and oxygen atoms in total. The summed E-state index contributed by atoms with van der Waals surface area (Å²) < 4.78 is 0. The molecule has 0 heterocycles. The largest absolute Gasteiger partial charge is 0.548 e. The molecule has 0 spiro atoms. The Hall–Kier alpha value is -1.68. The quantitative estimate of drug-likeness (QED) is 0.674. The lowest BCUT2D eigenvalue weighted by Crippen LogP contribution is -2.43. The molecule has 15 heavy (non-hydrogen) atoms. The van der Waals surface area contributed by atoms with Gasteiger partial charge in [-0.05, 0) is 25.0 Å². The molecule has 0 aromatic heterocycles. The minimum Gasteiger partial charge on any atom is -0.548 e. The number of Topliss-reactive ketones (excluding diaryl/α,β-unsaturated/α-hetero) is 1. The Balaban J connectivity index is 2.82. The molecule has 0 aliphatic carbocycles. The van der Waals surface area contributed by atoms with E-state index in [0.717, 1.165) is 5.56 Å². The molecular formula is C11H12NO3-. The Morgan fingerprint density at radius 2 is 2.13 bits per heavy atom. The fraction of sp³-hybridized carbons (Fsp3) is 0.273. The van der Waals surface area contributed by atoms with Gasteiger partial charge in [0.05, 0.1) is 5.97 Å². The zero-order valence-corrected chi connectivity index (χ0v) is 8.40. The van der Waals surface area contributed by atoms with Crippen LogP contribution in [0.1, 0.15) is 22.8 Å². The lowest BCUT2D eigenvalue weighted by atomic mass is 10.0. The third-order valence-corrected chi connectivity index (χ3v) is 2.09. The Bertz CT molecular complexity index is 387. The fourth-order valence-electron chi connectivity index (χ4n) is 1.25. The summed E-state index contributed by atoms with van der Waals surface area (Å²) in [6.45, 7) is 1.46. The van der Waals surface area contributed by atoms with E-state index in [4.69, 9.17) is 5.73 Å². The predicted molar refractivity (Wildman–Crippen MR) is 53.1 cm³/mol. The van der Waals surface area contributed by atoms with Crippen LogP contribution in [0.2, 0.25) is 0 Å². The summed E-state index contributed by atoms with van der Waals surface area (Å²) in [6, 6.07) is 5.72. The number of ketones is 1. The second-order valence-corrected chi connectivity index (χ2v) is 3.39. The second kappa shape index (κ2) is 4.70. The molecule has 0 amide bonds. The summed E-state index contributed by atoms with van der Waals surface area (Å²) >= 11 is 0. The monoisotopic (exact) mass is 206 g/mol. The molecule has 1 atom stereocenters. The van der Waals surface area contributed by atoms with E-state index in [0.29, 0.717) is 5.56 Å². The minimum atomic E-state index is -1.29. The van der Waals surface area contributed by atoms with E-state index in [-0.39, 0.29) is 12.2 Å². The Morgan fingerprint density at radius 1 is 1.47 bits per heavy atom. The van der Waals surface area contributed by atoms with Crippen LogP contribution in [-0.4, -0.2) is 17.8 Å². The van der Waals surface area contributed by atoms with Crippen molar-refractivity contribution < 1.29 is 14.7 Å². The van der Waals surface area contributed by atoms with E-state index in [9.17, 15) is 14.7 Å². The molecule has 0 unspecified atom stereocenters. The van der Waals surface area contributed by atoms with Crippen molar-refractivity contribution >= 4 is 11.8 Å². The number of carboxylic acids is 1. The number of rotatable bonds is 4. The van der Waals surface area contributed by atoms with Crippen molar-refractivity contribution in [2.75, 3.05) is 0 Å². The van der Waals surface area contributed by atoms with Crippen LogP contribution in [0, 0.1) is 0 Å². The minimum absolute atomic E-state index is 0.0566. The zero-order chi connectivity index (χ0) is 11.4. The van der Waals surface area contributed by atoms with Crippen LogP contribution >= 0.6 is 0 Å². The molecule has 4 heteroatoms. The molecule has 0 saturated carbocycles. The summed E-state index contributed by atoms with van der Waals surface area (Å²) in [4.78, 5) is 21.5. The summed E-state index contributed by atoms with van der Waals surface area (Å²) in [7, 11) is 0. The van der Waals surface area contributed by atoms with E-state index in [2.05, 4.69) is 0 Å². The molecule has 0 fully saturated rings. The number of carbonyl (C=O) groups excluding carboxylic acids is 2. The SMILES string of the molecule is CC(=O)c1cccc(C[C@H](N)C(=O)[O-])c1. The average Bonchev–Trinajstić information content (AvgIpc) is 2.18. The standard InChI is InChI=1S/C11H13NO3/c1-7(13)9-4-2-3-8(5-9)6-10(12)11(14)15/h2-5,10H,6,12H2,1H3,(H,14,15)/p-1/t10-/m0/s1. The molecule has 1 aromatic carbocycles. The number of hydrogen-bond donors (Lipinski definition) is 1. The van der Waals surface area contributed by atoms with Gasteiger partial charge in [-0.15, -0.1) is 0 Å². The van der Waals surface area contributed by atoms with Crippen molar-refractivity contribution in [2.24, 2.45) is 5.73 Å². The molecule has 1 rings (SSSR count). The van der Waals surface area contributed by atoms with Crippen LogP contribution in [-0.2, 0) is 11.2 Å². The molecule has 0 saturated heterocycles. The molecule has 0 aliphatic heterocycles. The maximum atomic E-state index is 11.1. The lowest BCUT2D eigenvalue weighted by molar-refractivity contribution is -0.307. The summed E-state index contributed by atoms with van der Waals surface area (Å²) in [5.74, 6) is -1.35. The van der Waals surface area contributed by atoms with Crippen LogP contribution in [0.25, 0.3) is 0 Å². The smallest absolute Gasteiger partial charge is 0.159 e. The third kappa shape index (κ3) is 3.18. The van der Waals surface area contributed by atoms with Gasteiger partial charge in [0.15, 0.2) is 5.78 Å². The van der Waals surface area contributed by atoms with Crippen molar-refractivity contribution in [3.05, 3.63) is 35.4 Å². The van der Waals surface area contributed by atoms with Crippen LogP contribution in [0.3, 0.4) is 0 Å². The van der Waals surface area contributed by atoms with E-state index in [1.165, 1.54) is 6.92 Å². The molecule has 1 aromatic rings. The van der Waals surface area contributed by atoms with Gasteiger partial charge in [-0.3, -0.25) is 4.79 Å². The van der Waals surface area contributed by atoms with Crippen LogP contribution in [0.4, 0.5) is 0 Å². The van der Waals surface area contributed by atoms with Gasteiger partial charge in [0, 0.05) is 11.6 Å². The van der Waals surface area contributed by atoms with Crippen molar-refractivity contribution in [1.82, 2.24) is 0 Å². The summed E-state index contributed by atoms with van der Waals surface area (Å²) in [6.07, 6.45) is 0.170. The topological polar surface area (TPSA) is 83.2 Å². The number of carbonyl (C=O) groups is 2. The highest BCUT2D eigenvalue weighted by Gasteiger charge is 2.06. The van der Waals surface area contributed by atoms with Gasteiger partial charge in [0.2, 0.25) is 0 Å². The Labute approximate surface area is 87.7 Å². The van der Waals surface area contributed by atoms with Gasteiger partial charge in [-0.2, -0.15) is 0 Å². The third-order valence-electron chi connectivity index (χ3n) is 2.09. The highest BCUT2D eigenvalue weighted by Crippen LogP contribution is 2.07. The van der Waals surface area contributed by atoms with E-state index in [1.54, 1.807) is 24.3 Å². The normalized spacial score (nSPS) is 12.1. The van der Waals surface area contributed by atoms with Gasteiger partial charge in [-0.25, -0.2) is 0 Å². The molecular weight excluding hydrogens is 194 g/mol. The van der Waals surface area contributed by atoms with E-state index in [1.807, 2.05) is 0 Å². The summed E-state index contributed by atoms with van der Waals surface area (Å²) in [5.41, 5.74) is 6.60. The first kappa shape index (κ1) is 11.4.